The van der Waals surface area contributed by atoms with Crippen LogP contribution in [0.15, 0.2) is 30.3 Å². The average Bonchev–Trinajstić information content (AvgIpc) is 3.03. The maximum Gasteiger partial charge on any atom is 0.200 e. The minimum Gasteiger partial charge on any atom is -0.502 e. The molecule has 1 N–H and O–H groups in total. The summed E-state index contributed by atoms with van der Waals surface area (Å²) in [6.07, 6.45) is 1.67. The molecule has 126 valence electrons. The number of benzene rings is 2. The Morgan fingerprint density at radius 3 is 2.52 bits per heavy atom. The van der Waals surface area contributed by atoms with Gasteiger partial charge in [-0.2, -0.15) is 5.26 Å². The van der Waals surface area contributed by atoms with Crippen LogP contribution in [0.4, 0.5) is 0 Å². The molecule has 2 aromatic carbocycles. The molecule has 0 fully saturated rings. The van der Waals surface area contributed by atoms with Crippen LogP contribution in [0.1, 0.15) is 10.6 Å². The van der Waals surface area contributed by atoms with Crippen LogP contribution in [0.2, 0.25) is 5.02 Å². The molecule has 0 spiro atoms. The number of nitrogens with zero attached hydrogens (tertiary/aromatic N) is 2. The topological polar surface area (TPSA) is 75.4 Å². The van der Waals surface area contributed by atoms with Crippen LogP contribution >= 0.6 is 22.9 Å². The quantitative estimate of drug-likeness (QED) is 0.669. The fourth-order valence-corrected chi connectivity index (χ4v) is 3.40. The van der Waals surface area contributed by atoms with Crippen LogP contribution in [0.3, 0.4) is 0 Å². The van der Waals surface area contributed by atoms with Crippen LogP contribution in [0.5, 0.6) is 17.2 Å². The summed E-state index contributed by atoms with van der Waals surface area (Å²) in [4.78, 5) is 4.48. The van der Waals surface area contributed by atoms with Gasteiger partial charge in [0.15, 0.2) is 11.5 Å². The number of ether oxygens (including phenoxy) is 2. The molecule has 0 amide bonds. The van der Waals surface area contributed by atoms with Crippen LogP contribution in [0.25, 0.3) is 21.9 Å². The van der Waals surface area contributed by atoms with Gasteiger partial charge >= 0.3 is 0 Å². The molecule has 0 saturated carbocycles. The van der Waals surface area contributed by atoms with E-state index in [1.165, 1.54) is 25.6 Å². The number of hydrogen-bond acceptors (Lipinski definition) is 6. The normalized spacial score (nSPS) is 11.4. The first kappa shape index (κ1) is 17.1. The number of allylic oxidation sites excluding steroid dienone is 1. The number of hydrogen-bond donors (Lipinski definition) is 1. The number of aromatic hydroxyl groups is 1. The molecule has 0 aliphatic rings. The Hall–Kier alpha value is -2.75. The molecule has 0 aliphatic heterocycles. The number of methoxy groups -OCH3 is 2. The molecule has 0 unspecified atom stereocenters. The van der Waals surface area contributed by atoms with Crippen molar-refractivity contribution >= 4 is 44.8 Å². The molecule has 0 aliphatic carbocycles. The predicted octanol–water partition coefficient (Wildman–Crippen LogP) is 4.74. The van der Waals surface area contributed by atoms with Crippen molar-refractivity contribution in [2.45, 2.75) is 0 Å². The van der Waals surface area contributed by atoms with E-state index in [9.17, 15) is 10.4 Å². The van der Waals surface area contributed by atoms with E-state index in [1.54, 1.807) is 30.3 Å². The third-order valence-electron chi connectivity index (χ3n) is 3.51. The Morgan fingerprint density at radius 1 is 1.24 bits per heavy atom. The van der Waals surface area contributed by atoms with Crippen molar-refractivity contribution in [1.82, 2.24) is 4.98 Å². The summed E-state index contributed by atoms with van der Waals surface area (Å²) in [6, 6.07) is 10.8. The van der Waals surface area contributed by atoms with Gasteiger partial charge in [0.25, 0.3) is 0 Å². The number of phenols is 1. The summed E-state index contributed by atoms with van der Waals surface area (Å²) in [5.74, 6) is 0.438. The molecule has 3 aromatic rings. The first-order valence-electron chi connectivity index (χ1n) is 7.19. The molecule has 5 nitrogen and oxygen atoms in total. The Bertz CT molecular complexity index is 996. The van der Waals surface area contributed by atoms with Crippen LogP contribution in [-0.2, 0) is 0 Å². The van der Waals surface area contributed by atoms with Crippen molar-refractivity contribution in [3.8, 4) is 23.3 Å². The zero-order valence-corrected chi connectivity index (χ0v) is 15.0. The molecule has 0 bridgehead atoms. The van der Waals surface area contributed by atoms with Gasteiger partial charge in [-0.25, -0.2) is 4.98 Å². The molecular formula is C18H13ClN2O3S. The molecule has 7 heteroatoms. The van der Waals surface area contributed by atoms with E-state index in [4.69, 9.17) is 21.1 Å². The Kier molecular flexibility index (Phi) is 4.79. The van der Waals surface area contributed by atoms with Gasteiger partial charge < -0.3 is 14.6 Å². The highest BCUT2D eigenvalue weighted by Crippen LogP contribution is 2.38. The van der Waals surface area contributed by atoms with E-state index in [1.807, 2.05) is 6.07 Å². The number of fused-ring (bicyclic) bond motifs is 1. The van der Waals surface area contributed by atoms with Gasteiger partial charge in [-0.05, 0) is 42.0 Å². The zero-order chi connectivity index (χ0) is 18.0. The van der Waals surface area contributed by atoms with Crippen LogP contribution < -0.4 is 9.47 Å². The summed E-state index contributed by atoms with van der Waals surface area (Å²) in [7, 11) is 2.90. The molecule has 0 saturated heterocycles. The maximum absolute atomic E-state index is 9.98. The molecule has 1 aromatic heterocycles. The van der Waals surface area contributed by atoms with E-state index in [0.717, 1.165) is 10.2 Å². The van der Waals surface area contributed by atoms with Gasteiger partial charge in [-0.1, -0.05) is 11.6 Å². The smallest absolute Gasteiger partial charge is 0.200 e. The Morgan fingerprint density at radius 2 is 1.92 bits per heavy atom. The zero-order valence-electron chi connectivity index (χ0n) is 13.4. The number of halogens is 1. The fraction of sp³-hybridized carbons (Fsp3) is 0.111. The van der Waals surface area contributed by atoms with Crippen LogP contribution in [-0.4, -0.2) is 24.3 Å². The summed E-state index contributed by atoms with van der Waals surface area (Å²) >= 11 is 7.39. The predicted molar refractivity (Wildman–Crippen MR) is 99.3 cm³/mol. The van der Waals surface area contributed by atoms with Gasteiger partial charge in [0.2, 0.25) is 5.75 Å². The van der Waals surface area contributed by atoms with E-state index in [-0.39, 0.29) is 17.2 Å². The second-order valence-electron chi connectivity index (χ2n) is 5.07. The number of rotatable bonds is 4. The minimum atomic E-state index is -0.0877. The van der Waals surface area contributed by atoms with Crippen molar-refractivity contribution in [2.24, 2.45) is 0 Å². The monoisotopic (exact) mass is 372 g/mol. The van der Waals surface area contributed by atoms with E-state index < -0.39 is 0 Å². The van der Waals surface area contributed by atoms with Crippen molar-refractivity contribution in [1.29, 1.82) is 5.26 Å². The van der Waals surface area contributed by atoms with Gasteiger partial charge in [0.1, 0.15) is 11.1 Å². The number of aromatic nitrogens is 1. The average molecular weight is 373 g/mol. The number of nitriles is 1. The van der Waals surface area contributed by atoms with Gasteiger partial charge in [0, 0.05) is 5.02 Å². The summed E-state index contributed by atoms with van der Waals surface area (Å²) in [5.41, 5.74) is 1.79. The lowest BCUT2D eigenvalue weighted by molar-refractivity contribution is 0.340. The van der Waals surface area contributed by atoms with E-state index >= 15 is 0 Å². The lowest BCUT2D eigenvalue weighted by Crippen LogP contribution is -1.90. The first-order valence-corrected chi connectivity index (χ1v) is 8.38. The minimum absolute atomic E-state index is 0.0877. The third-order valence-corrected chi connectivity index (χ3v) is 4.82. The second-order valence-corrected chi connectivity index (χ2v) is 6.54. The van der Waals surface area contributed by atoms with Crippen molar-refractivity contribution < 1.29 is 14.6 Å². The Balaban J connectivity index is 2.09. The molecule has 1 heterocycles. The maximum atomic E-state index is 9.98. The molecule has 0 atom stereocenters. The van der Waals surface area contributed by atoms with Crippen LogP contribution in [0, 0.1) is 11.3 Å². The molecular weight excluding hydrogens is 360 g/mol. The van der Waals surface area contributed by atoms with Crippen molar-refractivity contribution in [2.75, 3.05) is 14.2 Å². The summed E-state index contributed by atoms with van der Waals surface area (Å²) in [6.45, 7) is 0. The summed E-state index contributed by atoms with van der Waals surface area (Å²) < 4.78 is 11.2. The van der Waals surface area contributed by atoms with Crippen molar-refractivity contribution in [3.05, 3.63) is 45.9 Å². The lowest BCUT2D eigenvalue weighted by atomic mass is 10.1. The van der Waals surface area contributed by atoms with Gasteiger partial charge in [-0.15, -0.1) is 11.3 Å². The molecule has 0 radical (unpaired) electrons. The number of phenolic OH excluding ortho intramolecular Hbond substituents is 1. The first-order chi connectivity index (χ1) is 12.0. The van der Waals surface area contributed by atoms with E-state index in [0.29, 0.717) is 21.2 Å². The highest BCUT2D eigenvalue weighted by molar-refractivity contribution is 7.19. The lowest BCUT2D eigenvalue weighted by Gasteiger charge is -2.09. The third kappa shape index (κ3) is 3.38. The highest BCUT2D eigenvalue weighted by atomic mass is 35.5. The Labute approximate surface area is 153 Å². The van der Waals surface area contributed by atoms with Gasteiger partial charge in [0.05, 0.1) is 30.0 Å². The molecule has 25 heavy (non-hydrogen) atoms. The largest absolute Gasteiger partial charge is 0.502 e. The fourth-order valence-electron chi connectivity index (χ4n) is 2.32. The van der Waals surface area contributed by atoms with Crippen molar-refractivity contribution in [3.63, 3.8) is 0 Å². The SMILES string of the molecule is COc1cc(/C=C(\C#N)c2nc3cc(Cl)ccc3s2)cc(OC)c1O. The summed E-state index contributed by atoms with van der Waals surface area (Å²) in [5, 5.41) is 20.7. The standard InChI is InChI=1S/C18H13ClN2O3S/c1-23-14-6-10(7-15(24-2)17(14)22)5-11(9-20)18-21-13-8-12(19)3-4-16(13)25-18/h3-8,22H,1-2H3/b11-5+. The van der Waals surface area contributed by atoms with E-state index in [2.05, 4.69) is 11.1 Å². The molecule has 3 rings (SSSR count). The second kappa shape index (κ2) is 7.01. The highest BCUT2D eigenvalue weighted by Gasteiger charge is 2.13. The van der Waals surface area contributed by atoms with Gasteiger partial charge in [-0.3, -0.25) is 0 Å². The number of thiazole rings is 1.